The van der Waals surface area contributed by atoms with E-state index in [2.05, 4.69) is 31.3 Å². The third-order valence-electron chi connectivity index (χ3n) is 6.42. The highest BCUT2D eigenvalue weighted by Gasteiger charge is 2.12. The van der Waals surface area contributed by atoms with E-state index in [0.29, 0.717) is 12.8 Å². The highest BCUT2D eigenvalue weighted by atomic mass is 16.5. The van der Waals surface area contributed by atoms with Gasteiger partial charge in [0.25, 0.3) is 0 Å². The molecule has 210 valence electrons. The quantitative estimate of drug-likeness (QED) is 0.0702. The van der Waals surface area contributed by atoms with E-state index in [-0.39, 0.29) is 24.5 Å². The third kappa shape index (κ3) is 25.2. The van der Waals surface area contributed by atoms with Crippen LogP contribution in [0, 0.1) is 0 Å². The number of carbonyl (C=O) groups excluding carboxylic acids is 2. The Morgan fingerprint density at radius 2 is 1.25 bits per heavy atom. The topological polar surface area (TPSA) is 92.7 Å². The predicted octanol–water partition coefficient (Wildman–Crippen LogP) is 7.89. The zero-order chi connectivity index (χ0) is 26.7. The molecule has 0 fully saturated rings. The summed E-state index contributed by atoms with van der Waals surface area (Å²) in [5, 5.41) is 11.0. The van der Waals surface area contributed by atoms with Crippen LogP contribution in [-0.2, 0) is 19.1 Å². The molecule has 0 saturated heterocycles. The van der Waals surface area contributed by atoms with Crippen molar-refractivity contribution in [3.8, 4) is 0 Å². The molecule has 0 heterocycles. The van der Waals surface area contributed by atoms with Gasteiger partial charge in [-0.25, -0.2) is 0 Å². The molecule has 1 unspecified atom stereocenters. The first-order valence-corrected chi connectivity index (χ1v) is 14.8. The van der Waals surface area contributed by atoms with Gasteiger partial charge in [0, 0.05) is 12.8 Å². The molecule has 2 N–H and O–H groups in total. The van der Waals surface area contributed by atoms with E-state index in [1.54, 1.807) is 0 Å². The van der Waals surface area contributed by atoms with Gasteiger partial charge < -0.3 is 15.2 Å². The van der Waals surface area contributed by atoms with Gasteiger partial charge in [-0.2, -0.15) is 0 Å². The van der Waals surface area contributed by atoms with Crippen LogP contribution in [0.3, 0.4) is 0 Å². The largest absolute Gasteiger partial charge is 0.480 e. The zero-order valence-electron chi connectivity index (χ0n) is 23.4. The molecule has 6 heteroatoms. The number of ether oxygens (including phenoxy) is 1. The Morgan fingerprint density at radius 3 is 1.86 bits per heavy atom. The Balaban J connectivity index is 4.22. The van der Waals surface area contributed by atoms with Gasteiger partial charge in [-0.3, -0.25) is 14.4 Å². The van der Waals surface area contributed by atoms with Gasteiger partial charge in [-0.05, 0) is 44.6 Å². The summed E-state index contributed by atoms with van der Waals surface area (Å²) in [4.78, 5) is 34.5. The van der Waals surface area contributed by atoms with Crippen LogP contribution >= 0.6 is 0 Å². The molecule has 0 saturated carbocycles. The Morgan fingerprint density at radius 1 is 0.722 bits per heavy atom. The van der Waals surface area contributed by atoms with Crippen molar-refractivity contribution < 1.29 is 24.2 Å². The molecule has 0 rings (SSSR count). The molecule has 0 aromatic heterocycles. The first kappa shape index (κ1) is 34.1. The molecule has 0 aromatic rings. The van der Waals surface area contributed by atoms with Gasteiger partial charge in [-0.15, -0.1) is 0 Å². The lowest BCUT2D eigenvalue weighted by atomic mass is 10.1. The highest BCUT2D eigenvalue weighted by Crippen LogP contribution is 2.15. The minimum Gasteiger partial charge on any atom is -0.480 e. The summed E-state index contributed by atoms with van der Waals surface area (Å²) in [7, 11) is 0. The second kappa shape index (κ2) is 26.2. The van der Waals surface area contributed by atoms with Crippen LogP contribution in [0.4, 0.5) is 0 Å². The molecule has 0 spiro atoms. The predicted molar refractivity (Wildman–Crippen MR) is 148 cm³/mol. The van der Waals surface area contributed by atoms with Crippen molar-refractivity contribution in [1.82, 2.24) is 5.32 Å². The average molecular weight is 510 g/mol. The summed E-state index contributed by atoms with van der Waals surface area (Å²) in [6.07, 6.45) is 26.3. The Kier molecular flexibility index (Phi) is 24.9. The van der Waals surface area contributed by atoms with E-state index < -0.39 is 5.97 Å². The van der Waals surface area contributed by atoms with Crippen molar-refractivity contribution in [1.29, 1.82) is 0 Å². The fourth-order valence-corrected chi connectivity index (χ4v) is 4.19. The van der Waals surface area contributed by atoms with Crippen molar-refractivity contribution in [2.45, 2.75) is 155 Å². The van der Waals surface area contributed by atoms with E-state index in [4.69, 9.17) is 9.84 Å². The first-order chi connectivity index (χ1) is 17.5. The minimum absolute atomic E-state index is 0.0892. The number of hydrogen-bond acceptors (Lipinski definition) is 4. The zero-order valence-corrected chi connectivity index (χ0v) is 23.4. The van der Waals surface area contributed by atoms with Crippen LogP contribution in [0.15, 0.2) is 12.2 Å². The van der Waals surface area contributed by atoms with Crippen LogP contribution in [0.2, 0.25) is 0 Å². The fourth-order valence-electron chi connectivity index (χ4n) is 4.19. The lowest BCUT2D eigenvalue weighted by Crippen LogP contribution is -2.28. The van der Waals surface area contributed by atoms with Gasteiger partial charge in [0.2, 0.25) is 5.91 Å². The summed E-state index contributed by atoms with van der Waals surface area (Å²) in [6.45, 7) is 4.13. The average Bonchev–Trinajstić information content (AvgIpc) is 2.85. The summed E-state index contributed by atoms with van der Waals surface area (Å²) in [6, 6.07) is 0. The monoisotopic (exact) mass is 509 g/mol. The van der Waals surface area contributed by atoms with Crippen molar-refractivity contribution in [2.75, 3.05) is 6.54 Å². The van der Waals surface area contributed by atoms with Crippen LogP contribution < -0.4 is 5.32 Å². The van der Waals surface area contributed by atoms with Crippen molar-refractivity contribution in [3.63, 3.8) is 0 Å². The molecule has 0 radical (unpaired) electrons. The number of carboxylic acids is 1. The number of carbonyl (C=O) groups is 3. The lowest BCUT2D eigenvalue weighted by Gasteiger charge is -2.15. The summed E-state index contributed by atoms with van der Waals surface area (Å²) in [5.41, 5.74) is 0. The molecular weight excluding hydrogens is 454 g/mol. The fraction of sp³-hybridized carbons (Fsp3) is 0.833. The number of rotatable bonds is 26. The maximum atomic E-state index is 12.4. The third-order valence-corrected chi connectivity index (χ3v) is 6.42. The SMILES string of the molecule is CCCCCCC/C=C\C(CCCCCCC(=O)NCC(=O)O)OC(=O)CCCCCCCCCC. The van der Waals surface area contributed by atoms with Crippen LogP contribution in [-0.4, -0.2) is 35.6 Å². The second-order valence-corrected chi connectivity index (χ2v) is 10.0. The number of amides is 1. The molecule has 1 amide bonds. The van der Waals surface area contributed by atoms with Gasteiger partial charge in [0.1, 0.15) is 12.6 Å². The molecule has 0 aromatic carbocycles. The molecule has 36 heavy (non-hydrogen) atoms. The number of unbranched alkanes of at least 4 members (excludes halogenated alkanes) is 15. The molecule has 1 atom stereocenters. The Hall–Kier alpha value is -1.85. The summed E-state index contributed by atoms with van der Waals surface area (Å²) < 4.78 is 5.81. The van der Waals surface area contributed by atoms with Gasteiger partial charge in [0.05, 0.1) is 0 Å². The molecule has 0 aliphatic carbocycles. The van der Waals surface area contributed by atoms with E-state index in [0.717, 1.165) is 51.4 Å². The first-order valence-electron chi connectivity index (χ1n) is 14.8. The standard InChI is InChI=1S/C30H55NO5/c1-3-5-7-9-11-13-15-21-25-30(35)36-27(22-18-14-12-10-8-6-4-2)23-19-16-17-20-24-28(32)31-26-29(33)34/h18,22,27H,3-17,19-21,23-26H2,1-2H3,(H,31,32)(H,33,34)/b22-18-. The highest BCUT2D eigenvalue weighted by molar-refractivity contribution is 5.80. The van der Waals surface area contributed by atoms with Crippen LogP contribution in [0.25, 0.3) is 0 Å². The summed E-state index contributed by atoms with van der Waals surface area (Å²) in [5.74, 6) is -1.33. The van der Waals surface area contributed by atoms with E-state index in [1.807, 2.05) is 0 Å². The lowest BCUT2D eigenvalue weighted by molar-refractivity contribution is -0.147. The number of allylic oxidation sites excluding steroid dienone is 1. The number of carboxylic acid groups (broad SMARTS) is 1. The molecule has 6 nitrogen and oxygen atoms in total. The maximum absolute atomic E-state index is 12.4. The number of nitrogens with one attached hydrogen (secondary N) is 1. The van der Waals surface area contributed by atoms with E-state index in [1.165, 1.54) is 70.6 Å². The van der Waals surface area contributed by atoms with E-state index in [9.17, 15) is 14.4 Å². The molecule has 0 aliphatic rings. The van der Waals surface area contributed by atoms with Gasteiger partial charge >= 0.3 is 11.9 Å². The number of aliphatic carboxylic acids is 1. The van der Waals surface area contributed by atoms with Crippen molar-refractivity contribution in [2.24, 2.45) is 0 Å². The van der Waals surface area contributed by atoms with Crippen LogP contribution in [0.1, 0.15) is 149 Å². The smallest absolute Gasteiger partial charge is 0.322 e. The van der Waals surface area contributed by atoms with Crippen molar-refractivity contribution >= 4 is 17.8 Å². The van der Waals surface area contributed by atoms with Crippen molar-refractivity contribution in [3.05, 3.63) is 12.2 Å². The maximum Gasteiger partial charge on any atom is 0.322 e. The normalized spacial score (nSPS) is 12.1. The molecule has 0 aliphatic heterocycles. The van der Waals surface area contributed by atoms with Gasteiger partial charge in [0.15, 0.2) is 0 Å². The number of hydrogen-bond donors (Lipinski definition) is 2. The van der Waals surface area contributed by atoms with E-state index >= 15 is 0 Å². The van der Waals surface area contributed by atoms with Gasteiger partial charge in [-0.1, -0.05) is 103 Å². The second-order valence-electron chi connectivity index (χ2n) is 10.0. The minimum atomic E-state index is -1.03. The number of esters is 1. The Labute approximate surface area is 221 Å². The molecule has 0 bridgehead atoms. The van der Waals surface area contributed by atoms with Crippen LogP contribution in [0.5, 0.6) is 0 Å². The summed E-state index contributed by atoms with van der Waals surface area (Å²) >= 11 is 0. The Bertz CT molecular complexity index is 576. The molecular formula is C30H55NO5.